The third kappa shape index (κ3) is 2.42. The van der Waals surface area contributed by atoms with Gasteiger partial charge in [-0.3, -0.25) is 0 Å². The summed E-state index contributed by atoms with van der Waals surface area (Å²) in [4.78, 5) is 8.81. The van der Waals surface area contributed by atoms with Gasteiger partial charge in [-0.1, -0.05) is 0 Å². The smallest absolute Gasteiger partial charge is 0.160 e. The van der Waals surface area contributed by atoms with E-state index >= 15 is 0 Å². The number of fused-ring (bicyclic) bond motifs is 1. The summed E-state index contributed by atoms with van der Waals surface area (Å²) < 4.78 is 28.4. The number of aromatic nitrogens is 3. The van der Waals surface area contributed by atoms with E-state index in [1.165, 1.54) is 6.07 Å². The second-order valence-corrected chi connectivity index (χ2v) is 4.98. The lowest BCUT2D eigenvalue weighted by Crippen LogP contribution is -2.02. The van der Waals surface area contributed by atoms with Crippen molar-refractivity contribution in [2.45, 2.75) is 19.9 Å². The lowest BCUT2D eigenvalue weighted by atomic mass is 10.2. The van der Waals surface area contributed by atoms with Gasteiger partial charge in [0.25, 0.3) is 0 Å². The predicted molar refractivity (Wildman–Crippen MR) is 77.8 cm³/mol. The Morgan fingerprint density at radius 3 is 2.77 bits per heavy atom. The molecule has 0 unspecified atom stereocenters. The third-order valence-electron chi connectivity index (χ3n) is 3.35. The Kier molecular flexibility index (Phi) is 3.55. The van der Waals surface area contributed by atoms with Crippen molar-refractivity contribution in [2.24, 2.45) is 0 Å². The van der Waals surface area contributed by atoms with Gasteiger partial charge in [0, 0.05) is 18.3 Å². The first-order chi connectivity index (χ1) is 10.6. The zero-order chi connectivity index (χ0) is 15.7. The summed E-state index contributed by atoms with van der Waals surface area (Å²) in [5.41, 5.74) is 2.69. The number of hydrogen-bond acceptors (Lipinski definition) is 3. The quantitative estimate of drug-likeness (QED) is 0.742. The second kappa shape index (κ2) is 5.53. The zero-order valence-electron chi connectivity index (χ0n) is 11.8. The van der Waals surface area contributed by atoms with Crippen molar-refractivity contribution in [3.8, 4) is 17.5 Å². The van der Waals surface area contributed by atoms with Gasteiger partial charge in [-0.05, 0) is 36.8 Å². The molecule has 3 rings (SSSR count). The maximum Gasteiger partial charge on any atom is 0.160 e. The van der Waals surface area contributed by atoms with Crippen molar-refractivity contribution in [1.82, 2.24) is 14.5 Å². The van der Waals surface area contributed by atoms with Gasteiger partial charge in [0.2, 0.25) is 0 Å². The number of imidazole rings is 1. The highest BCUT2D eigenvalue weighted by Gasteiger charge is 2.15. The van der Waals surface area contributed by atoms with Gasteiger partial charge in [-0.15, -0.1) is 0 Å². The predicted octanol–water partition coefficient (Wildman–Crippen LogP) is 3.60. The Labute approximate surface area is 125 Å². The summed E-state index contributed by atoms with van der Waals surface area (Å²) >= 11 is 0. The van der Waals surface area contributed by atoms with E-state index in [1.54, 1.807) is 10.8 Å². The van der Waals surface area contributed by atoms with Crippen LogP contribution in [0.4, 0.5) is 8.78 Å². The minimum Gasteiger partial charge on any atom is -0.308 e. The lowest BCUT2D eigenvalue weighted by Gasteiger charge is -2.07. The molecule has 0 fully saturated rings. The number of aryl methyl sites for hydroxylation is 2. The summed E-state index contributed by atoms with van der Waals surface area (Å²) in [5.74, 6) is -1.36. The van der Waals surface area contributed by atoms with Crippen LogP contribution in [0.3, 0.4) is 0 Å². The number of halogens is 2. The first kappa shape index (κ1) is 14.1. The maximum atomic E-state index is 13.5. The van der Waals surface area contributed by atoms with Crippen LogP contribution in [0.25, 0.3) is 22.6 Å². The van der Waals surface area contributed by atoms with Crippen molar-refractivity contribution in [3.05, 3.63) is 47.7 Å². The number of hydrogen-bond donors (Lipinski definition) is 0. The standard InChI is InChI=1S/C16H12F2N4/c1-10-7-14-16(20-9-10)22(6-2-5-19)15(21-14)11-3-4-12(17)13(18)8-11/h3-4,7-9H,2,6H2,1H3. The maximum absolute atomic E-state index is 13.5. The third-order valence-corrected chi connectivity index (χ3v) is 3.35. The molecule has 2 aromatic heterocycles. The van der Waals surface area contributed by atoms with E-state index in [4.69, 9.17) is 5.26 Å². The molecular formula is C16H12F2N4. The van der Waals surface area contributed by atoms with E-state index in [-0.39, 0.29) is 6.42 Å². The average Bonchev–Trinajstić information content (AvgIpc) is 2.85. The van der Waals surface area contributed by atoms with Gasteiger partial charge in [0.15, 0.2) is 17.3 Å². The summed E-state index contributed by atoms with van der Waals surface area (Å²) in [7, 11) is 0. The van der Waals surface area contributed by atoms with E-state index in [2.05, 4.69) is 16.0 Å². The minimum atomic E-state index is -0.930. The largest absolute Gasteiger partial charge is 0.308 e. The van der Waals surface area contributed by atoms with Gasteiger partial charge < -0.3 is 4.57 Å². The van der Waals surface area contributed by atoms with Crippen molar-refractivity contribution in [3.63, 3.8) is 0 Å². The van der Waals surface area contributed by atoms with E-state index in [0.29, 0.717) is 29.1 Å². The normalized spacial score (nSPS) is 10.8. The topological polar surface area (TPSA) is 54.5 Å². The number of rotatable bonds is 3. The van der Waals surface area contributed by atoms with E-state index < -0.39 is 11.6 Å². The molecule has 6 heteroatoms. The van der Waals surface area contributed by atoms with Crippen LogP contribution in [0.2, 0.25) is 0 Å². The molecule has 110 valence electrons. The van der Waals surface area contributed by atoms with Crippen LogP contribution in [0.5, 0.6) is 0 Å². The van der Waals surface area contributed by atoms with Crippen molar-refractivity contribution < 1.29 is 8.78 Å². The Morgan fingerprint density at radius 1 is 1.23 bits per heavy atom. The molecule has 0 spiro atoms. The Balaban J connectivity index is 2.22. The second-order valence-electron chi connectivity index (χ2n) is 4.98. The highest BCUT2D eigenvalue weighted by molar-refractivity contribution is 5.77. The van der Waals surface area contributed by atoms with Gasteiger partial charge in [0.1, 0.15) is 11.3 Å². The molecule has 0 atom stereocenters. The number of nitriles is 1. The molecule has 0 saturated carbocycles. The number of nitrogens with zero attached hydrogens (tertiary/aromatic N) is 4. The van der Waals surface area contributed by atoms with Gasteiger partial charge in [-0.25, -0.2) is 18.7 Å². The van der Waals surface area contributed by atoms with Crippen molar-refractivity contribution in [2.75, 3.05) is 0 Å². The van der Waals surface area contributed by atoms with Gasteiger partial charge in [-0.2, -0.15) is 5.26 Å². The molecule has 0 aliphatic carbocycles. The monoisotopic (exact) mass is 298 g/mol. The first-order valence-corrected chi connectivity index (χ1v) is 6.75. The molecule has 0 radical (unpaired) electrons. The summed E-state index contributed by atoms with van der Waals surface area (Å²) in [5, 5.41) is 8.81. The van der Waals surface area contributed by atoms with E-state index in [0.717, 1.165) is 17.7 Å². The molecule has 1 aromatic carbocycles. The highest BCUT2D eigenvalue weighted by Crippen LogP contribution is 2.25. The van der Waals surface area contributed by atoms with Gasteiger partial charge in [0.05, 0.1) is 12.5 Å². The summed E-state index contributed by atoms with van der Waals surface area (Å²) in [6.07, 6.45) is 1.99. The van der Waals surface area contributed by atoms with Crippen LogP contribution in [-0.4, -0.2) is 14.5 Å². The highest BCUT2D eigenvalue weighted by atomic mass is 19.2. The van der Waals surface area contributed by atoms with Crippen molar-refractivity contribution in [1.29, 1.82) is 5.26 Å². The average molecular weight is 298 g/mol. The van der Waals surface area contributed by atoms with Crippen LogP contribution in [0.15, 0.2) is 30.5 Å². The fourth-order valence-electron chi connectivity index (χ4n) is 2.34. The minimum absolute atomic E-state index is 0.275. The molecule has 0 N–H and O–H groups in total. The molecule has 0 aliphatic heterocycles. The SMILES string of the molecule is Cc1cnc2c(c1)nc(-c1ccc(F)c(F)c1)n2CCC#N. The Hall–Kier alpha value is -2.81. The Bertz CT molecular complexity index is 893. The molecule has 3 aromatic rings. The molecule has 0 saturated heterocycles. The zero-order valence-corrected chi connectivity index (χ0v) is 11.8. The van der Waals surface area contributed by atoms with Gasteiger partial charge >= 0.3 is 0 Å². The fourth-order valence-corrected chi connectivity index (χ4v) is 2.34. The molecule has 2 heterocycles. The molecule has 22 heavy (non-hydrogen) atoms. The van der Waals surface area contributed by atoms with E-state index in [1.807, 2.05) is 13.0 Å². The van der Waals surface area contributed by atoms with Crippen LogP contribution < -0.4 is 0 Å². The van der Waals surface area contributed by atoms with Crippen LogP contribution in [0, 0.1) is 29.9 Å². The molecular weight excluding hydrogens is 286 g/mol. The van der Waals surface area contributed by atoms with Crippen molar-refractivity contribution >= 4 is 11.2 Å². The Morgan fingerprint density at radius 2 is 2.05 bits per heavy atom. The number of pyridine rings is 1. The van der Waals surface area contributed by atoms with Crippen LogP contribution in [0.1, 0.15) is 12.0 Å². The first-order valence-electron chi connectivity index (χ1n) is 6.75. The fraction of sp³-hybridized carbons (Fsp3) is 0.188. The molecule has 0 amide bonds. The summed E-state index contributed by atoms with van der Waals surface area (Å²) in [6, 6.07) is 7.58. The van der Waals surface area contributed by atoms with Crippen LogP contribution >= 0.6 is 0 Å². The number of benzene rings is 1. The summed E-state index contributed by atoms with van der Waals surface area (Å²) in [6.45, 7) is 2.29. The van der Waals surface area contributed by atoms with Crippen LogP contribution in [-0.2, 0) is 6.54 Å². The molecule has 0 aliphatic rings. The molecule has 4 nitrogen and oxygen atoms in total. The molecule has 0 bridgehead atoms. The van der Waals surface area contributed by atoms with E-state index in [9.17, 15) is 8.78 Å². The lowest BCUT2D eigenvalue weighted by molar-refractivity contribution is 0.509.